The lowest BCUT2D eigenvalue weighted by Gasteiger charge is -2.54. The van der Waals surface area contributed by atoms with Gasteiger partial charge in [-0.2, -0.15) is 0 Å². The SMILES string of the molecule is O=C(O)CN1CCC[C@]2(CO)CCN(C(=O)c3cn4ccsc4n3)C[C@@H]12. The Morgan fingerprint density at radius 3 is 2.92 bits per heavy atom. The van der Waals surface area contributed by atoms with Gasteiger partial charge in [0.25, 0.3) is 5.91 Å². The number of thiazole rings is 1. The maximum absolute atomic E-state index is 12.9. The molecule has 4 heterocycles. The third-order valence-corrected chi connectivity index (χ3v) is 6.56. The molecule has 0 aliphatic carbocycles. The van der Waals surface area contributed by atoms with Gasteiger partial charge < -0.3 is 15.1 Å². The van der Waals surface area contributed by atoms with Gasteiger partial charge in [-0.3, -0.25) is 18.9 Å². The maximum Gasteiger partial charge on any atom is 0.317 e. The lowest BCUT2D eigenvalue weighted by atomic mass is 9.69. The summed E-state index contributed by atoms with van der Waals surface area (Å²) in [5, 5.41) is 21.2. The zero-order chi connectivity index (χ0) is 18.3. The maximum atomic E-state index is 12.9. The van der Waals surface area contributed by atoms with Crippen molar-refractivity contribution in [1.82, 2.24) is 19.2 Å². The van der Waals surface area contributed by atoms with E-state index in [1.54, 1.807) is 11.1 Å². The van der Waals surface area contributed by atoms with Crippen molar-refractivity contribution in [2.75, 3.05) is 32.8 Å². The topological polar surface area (TPSA) is 98.4 Å². The minimum Gasteiger partial charge on any atom is -0.480 e. The Morgan fingerprint density at radius 2 is 2.19 bits per heavy atom. The number of imidazole rings is 1. The number of carboxylic acid groups (broad SMARTS) is 1. The fourth-order valence-corrected chi connectivity index (χ4v) is 5.11. The van der Waals surface area contributed by atoms with E-state index in [9.17, 15) is 19.8 Å². The number of aliphatic carboxylic acids is 1. The first-order chi connectivity index (χ1) is 12.5. The molecule has 9 heteroatoms. The molecule has 2 fully saturated rings. The Kier molecular flexibility index (Phi) is 4.45. The molecule has 0 radical (unpaired) electrons. The molecule has 2 aliphatic rings. The second-order valence-electron chi connectivity index (χ2n) is 7.22. The zero-order valence-electron chi connectivity index (χ0n) is 14.4. The molecule has 140 valence electrons. The quantitative estimate of drug-likeness (QED) is 0.815. The average molecular weight is 378 g/mol. The molecule has 2 aromatic rings. The number of amides is 1. The van der Waals surface area contributed by atoms with Gasteiger partial charge in [0.05, 0.1) is 13.2 Å². The van der Waals surface area contributed by atoms with Crippen LogP contribution in [0.5, 0.6) is 0 Å². The average Bonchev–Trinajstić information content (AvgIpc) is 3.22. The number of aromatic nitrogens is 2. The molecule has 0 aromatic carbocycles. The molecule has 2 atom stereocenters. The largest absolute Gasteiger partial charge is 0.480 e. The first-order valence-corrected chi connectivity index (χ1v) is 9.68. The summed E-state index contributed by atoms with van der Waals surface area (Å²) in [4.78, 5) is 33.0. The van der Waals surface area contributed by atoms with Crippen LogP contribution in [0.1, 0.15) is 29.8 Å². The van der Waals surface area contributed by atoms with Crippen LogP contribution in [0, 0.1) is 5.41 Å². The van der Waals surface area contributed by atoms with Crippen molar-refractivity contribution in [3.63, 3.8) is 0 Å². The van der Waals surface area contributed by atoms with Crippen LogP contribution in [0.3, 0.4) is 0 Å². The normalized spacial score (nSPS) is 26.8. The summed E-state index contributed by atoms with van der Waals surface area (Å²) < 4.78 is 1.83. The summed E-state index contributed by atoms with van der Waals surface area (Å²) in [5.41, 5.74) is 0.0906. The number of fused-ring (bicyclic) bond motifs is 2. The van der Waals surface area contributed by atoms with Crippen LogP contribution in [-0.2, 0) is 4.79 Å². The van der Waals surface area contributed by atoms with Crippen molar-refractivity contribution in [3.8, 4) is 0 Å². The highest BCUT2D eigenvalue weighted by atomic mass is 32.1. The fourth-order valence-electron chi connectivity index (χ4n) is 4.41. The molecular formula is C17H22N4O4S. The Hall–Kier alpha value is -1.97. The van der Waals surface area contributed by atoms with Crippen molar-refractivity contribution in [2.24, 2.45) is 5.41 Å². The van der Waals surface area contributed by atoms with Crippen molar-refractivity contribution in [3.05, 3.63) is 23.5 Å². The smallest absolute Gasteiger partial charge is 0.317 e. The van der Waals surface area contributed by atoms with Gasteiger partial charge in [-0.1, -0.05) is 0 Å². The molecule has 2 aromatic heterocycles. The Bertz CT molecular complexity index is 805. The number of rotatable bonds is 4. The predicted molar refractivity (Wildman–Crippen MR) is 95.3 cm³/mol. The molecule has 0 saturated carbocycles. The van der Waals surface area contributed by atoms with E-state index in [0.717, 1.165) is 17.8 Å². The molecular weight excluding hydrogens is 356 g/mol. The van der Waals surface area contributed by atoms with E-state index in [2.05, 4.69) is 4.98 Å². The van der Waals surface area contributed by atoms with E-state index >= 15 is 0 Å². The summed E-state index contributed by atoms with van der Waals surface area (Å²) in [6.45, 7) is 1.63. The molecule has 1 amide bonds. The lowest BCUT2D eigenvalue weighted by molar-refractivity contribution is -0.143. The van der Waals surface area contributed by atoms with Gasteiger partial charge >= 0.3 is 5.97 Å². The highest BCUT2D eigenvalue weighted by Gasteiger charge is 2.48. The van der Waals surface area contributed by atoms with Gasteiger partial charge in [-0.05, 0) is 25.8 Å². The Labute approximate surface area is 154 Å². The predicted octanol–water partition coefficient (Wildman–Crippen LogP) is 0.769. The van der Waals surface area contributed by atoms with E-state index in [1.165, 1.54) is 11.3 Å². The number of carbonyl (C=O) groups is 2. The molecule has 2 aliphatic heterocycles. The van der Waals surface area contributed by atoms with E-state index in [-0.39, 0.29) is 30.5 Å². The molecule has 2 N–H and O–H groups in total. The van der Waals surface area contributed by atoms with Crippen molar-refractivity contribution < 1.29 is 19.8 Å². The first-order valence-electron chi connectivity index (χ1n) is 8.80. The molecule has 26 heavy (non-hydrogen) atoms. The second kappa shape index (κ2) is 6.64. The number of carbonyl (C=O) groups excluding carboxylic acids is 1. The van der Waals surface area contributed by atoms with E-state index in [4.69, 9.17) is 0 Å². The van der Waals surface area contributed by atoms with Crippen LogP contribution >= 0.6 is 11.3 Å². The van der Waals surface area contributed by atoms with Gasteiger partial charge in [0.2, 0.25) is 0 Å². The molecule has 0 bridgehead atoms. The van der Waals surface area contributed by atoms with Crippen LogP contribution in [0.2, 0.25) is 0 Å². The van der Waals surface area contributed by atoms with Crippen molar-refractivity contribution in [2.45, 2.75) is 25.3 Å². The Balaban J connectivity index is 1.57. The summed E-state index contributed by atoms with van der Waals surface area (Å²) in [5.74, 6) is -1.01. The number of likely N-dealkylation sites (tertiary alicyclic amines) is 2. The molecule has 0 spiro atoms. The summed E-state index contributed by atoms with van der Waals surface area (Å²) in [6.07, 6.45) is 6.02. The van der Waals surface area contributed by atoms with Crippen LogP contribution in [0.15, 0.2) is 17.8 Å². The highest BCUT2D eigenvalue weighted by molar-refractivity contribution is 7.15. The number of piperidine rings is 2. The number of carboxylic acids is 1. The first kappa shape index (κ1) is 17.4. The monoisotopic (exact) mass is 378 g/mol. The third kappa shape index (κ3) is 2.89. The zero-order valence-corrected chi connectivity index (χ0v) is 15.2. The van der Waals surface area contributed by atoms with Gasteiger partial charge in [0.1, 0.15) is 5.69 Å². The van der Waals surface area contributed by atoms with Crippen LogP contribution < -0.4 is 0 Å². The summed E-state index contributed by atoms with van der Waals surface area (Å²) >= 11 is 1.48. The minimum atomic E-state index is -0.878. The van der Waals surface area contributed by atoms with Gasteiger partial charge in [0, 0.05) is 42.3 Å². The third-order valence-electron chi connectivity index (χ3n) is 5.79. The number of hydrogen-bond donors (Lipinski definition) is 2. The van der Waals surface area contributed by atoms with Crippen LogP contribution in [-0.4, -0.2) is 80.1 Å². The Morgan fingerprint density at radius 1 is 1.35 bits per heavy atom. The number of hydrogen-bond acceptors (Lipinski definition) is 6. The van der Waals surface area contributed by atoms with Crippen molar-refractivity contribution in [1.29, 1.82) is 0 Å². The number of nitrogens with zero attached hydrogens (tertiary/aromatic N) is 4. The number of aliphatic hydroxyl groups is 1. The number of aliphatic hydroxyl groups excluding tert-OH is 1. The molecule has 0 unspecified atom stereocenters. The highest BCUT2D eigenvalue weighted by Crippen LogP contribution is 2.42. The minimum absolute atomic E-state index is 0.0238. The van der Waals surface area contributed by atoms with Gasteiger partial charge in [-0.25, -0.2) is 4.98 Å². The molecule has 4 rings (SSSR count). The molecule has 8 nitrogen and oxygen atoms in total. The van der Waals surface area contributed by atoms with Gasteiger partial charge in [-0.15, -0.1) is 11.3 Å². The van der Waals surface area contributed by atoms with Crippen LogP contribution in [0.25, 0.3) is 4.96 Å². The van der Waals surface area contributed by atoms with Gasteiger partial charge in [0.15, 0.2) is 4.96 Å². The summed E-state index contributed by atoms with van der Waals surface area (Å²) in [6, 6.07) is -0.140. The second-order valence-corrected chi connectivity index (χ2v) is 8.10. The van der Waals surface area contributed by atoms with Crippen molar-refractivity contribution >= 4 is 28.2 Å². The lowest BCUT2D eigenvalue weighted by Crippen LogP contribution is -2.63. The van der Waals surface area contributed by atoms with E-state index in [0.29, 0.717) is 31.7 Å². The molecule has 2 saturated heterocycles. The van der Waals surface area contributed by atoms with Crippen LogP contribution in [0.4, 0.5) is 0 Å². The summed E-state index contributed by atoms with van der Waals surface area (Å²) in [7, 11) is 0. The fraction of sp³-hybridized carbons (Fsp3) is 0.588. The van der Waals surface area contributed by atoms with E-state index < -0.39 is 5.97 Å². The van der Waals surface area contributed by atoms with E-state index in [1.807, 2.05) is 20.9 Å². The standard InChI is InChI=1S/C17H22N4O4S/c22-11-17-2-1-4-19(10-14(23)24)13(17)9-20(5-3-17)15(25)12-8-21-6-7-26-16(21)18-12/h6-8,13,22H,1-5,9-11H2,(H,23,24)/t13-,17-/m1/s1.